The predicted molar refractivity (Wildman–Crippen MR) is 51.4 cm³/mol. The quantitative estimate of drug-likeness (QED) is 0.745. The zero-order valence-corrected chi connectivity index (χ0v) is 8.32. The summed E-state index contributed by atoms with van der Waals surface area (Å²) in [5, 5.41) is 12.1. The summed E-state index contributed by atoms with van der Waals surface area (Å²) in [5.74, 6) is 0. The van der Waals surface area contributed by atoms with Crippen LogP contribution in [0, 0.1) is 12.3 Å². The van der Waals surface area contributed by atoms with Crippen LogP contribution in [0.15, 0.2) is 11.4 Å². The molecule has 0 bridgehead atoms. The first-order valence-corrected chi connectivity index (χ1v) is 5.23. The highest BCUT2D eigenvalue weighted by Crippen LogP contribution is 2.55. The van der Waals surface area contributed by atoms with E-state index < -0.39 is 0 Å². The average molecular weight is 182 g/mol. The number of rotatable bonds is 2. The maximum atomic E-state index is 10.00. The van der Waals surface area contributed by atoms with Crippen LogP contribution in [0.3, 0.4) is 0 Å². The fraction of sp³-hybridized carbons (Fsp3) is 0.600. The zero-order chi connectivity index (χ0) is 8.77. The van der Waals surface area contributed by atoms with Crippen molar-refractivity contribution in [1.29, 1.82) is 0 Å². The number of aryl methyl sites for hydroxylation is 1. The summed E-state index contributed by atoms with van der Waals surface area (Å²) in [6.07, 6.45) is 2.11. The summed E-state index contributed by atoms with van der Waals surface area (Å²) in [4.78, 5) is 1.26. The molecule has 0 radical (unpaired) electrons. The van der Waals surface area contributed by atoms with Crippen LogP contribution in [0.2, 0.25) is 0 Å². The topological polar surface area (TPSA) is 20.2 Å². The van der Waals surface area contributed by atoms with Gasteiger partial charge in [0.05, 0.1) is 6.10 Å². The first-order valence-electron chi connectivity index (χ1n) is 4.35. The van der Waals surface area contributed by atoms with E-state index in [1.807, 2.05) is 6.07 Å². The second-order valence-corrected chi connectivity index (χ2v) is 5.11. The van der Waals surface area contributed by atoms with Crippen LogP contribution in [0.25, 0.3) is 0 Å². The van der Waals surface area contributed by atoms with Gasteiger partial charge in [0.1, 0.15) is 0 Å². The largest absolute Gasteiger partial charge is 0.388 e. The van der Waals surface area contributed by atoms with Crippen LogP contribution in [0.4, 0.5) is 0 Å². The molecule has 1 saturated carbocycles. The molecule has 0 aromatic carbocycles. The van der Waals surface area contributed by atoms with E-state index in [-0.39, 0.29) is 11.5 Å². The normalized spacial score (nSPS) is 22.2. The van der Waals surface area contributed by atoms with Gasteiger partial charge in [-0.2, -0.15) is 0 Å². The summed E-state index contributed by atoms with van der Waals surface area (Å²) in [7, 11) is 0. The molecule has 1 unspecified atom stereocenters. The third-order valence-electron chi connectivity index (χ3n) is 2.89. The number of hydrogen-bond donors (Lipinski definition) is 1. The van der Waals surface area contributed by atoms with Gasteiger partial charge in [-0.25, -0.2) is 0 Å². The highest BCUT2D eigenvalue weighted by Gasteiger charge is 2.45. The van der Waals surface area contributed by atoms with Crippen molar-refractivity contribution in [3.63, 3.8) is 0 Å². The Morgan fingerprint density at radius 3 is 2.67 bits per heavy atom. The number of hydrogen-bond acceptors (Lipinski definition) is 2. The summed E-state index contributed by atoms with van der Waals surface area (Å²) >= 11 is 1.72. The second kappa shape index (κ2) is 2.57. The molecule has 1 aliphatic rings. The van der Waals surface area contributed by atoms with Gasteiger partial charge in [-0.1, -0.05) is 6.92 Å². The molecule has 1 fully saturated rings. The van der Waals surface area contributed by atoms with Crippen molar-refractivity contribution in [3.05, 3.63) is 21.9 Å². The Labute approximate surface area is 77.0 Å². The van der Waals surface area contributed by atoms with E-state index in [1.165, 1.54) is 17.7 Å². The molecule has 1 nitrogen and oxygen atoms in total. The summed E-state index contributed by atoms with van der Waals surface area (Å²) in [6.45, 7) is 4.24. The molecule has 2 rings (SSSR count). The summed E-state index contributed by atoms with van der Waals surface area (Å²) < 4.78 is 0. The first-order chi connectivity index (χ1) is 5.63. The second-order valence-electron chi connectivity index (χ2n) is 3.99. The van der Waals surface area contributed by atoms with Crippen LogP contribution in [0.1, 0.15) is 36.3 Å². The van der Waals surface area contributed by atoms with E-state index in [2.05, 4.69) is 19.2 Å². The van der Waals surface area contributed by atoms with E-state index in [9.17, 15) is 5.11 Å². The maximum Gasteiger partial charge on any atom is 0.0854 e. The monoisotopic (exact) mass is 182 g/mol. The zero-order valence-electron chi connectivity index (χ0n) is 7.50. The molecule has 1 atom stereocenters. The molecule has 0 saturated heterocycles. The molecular formula is C10H14OS. The lowest BCUT2D eigenvalue weighted by Crippen LogP contribution is -2.09. The van der Waals surface area contributed by atoms with Gasteiger partial charge in [-0.3, -0.25) is 0 Å². The lowest BCUT2D eigenvalue weighted by molar-refractivity contribution is 0.103. The van der Waals surface area contributed by atoms with Crippen LogP contribution < -0.4 is 0 Å². The highest BCUT2D eigenvalue weighted by molar-refractivity contribution is 7.10. The third-order valence-corrected chi connectivity index (χ3v) is 3.75. The fourth-order valence-corrected chi connectivity index (χ4v) is 2.26. The third kappa shape index (κ3) is 1.19. The van der Waals surface area contributed by atoms with Crippen LogP contribution in [-0.2, 0) is 0 Å². The standard InChI is InChI=1S/C10H14OS/c1-7-8(3-6-12-7)9(11)10(2)4-5-10/h3,6,9,11H,4-5H2,1-2H3. The lowest BCUT2D eigenvalue weighted by atomic mass is 9.95. The van der Waals surface area contributed by atoms with Gasteiger partial charge in [0.2, 0.25) is 0 Å². The summed E-state index contributed by atoms with van der Waals surface area (Å²) in [5.41, 5.74) is 1.33. The smallest absolute Gasteiger partial charge is 0.0854 e. The predicted octanol–water partition coefficient (Wildman–Crippen LogP) is 2.89. The van der Waals surface area contributed by atoms with Crippen LogP contribution in [-0.4, -0.2) is 5.11 Å². The molecule has 1 aromatic heterocycles. The molecule has 0 amide bonds. The Kier molecular flexibility index (Phi) is 1.77. The number of thiophene rings is 1. The van der Waals surface area contributed by atoms with Crippen molar-refractivity contribution < 1.29 is 5.11 Å². The Morgan fingerprint density at radius 2 is 2.25 bits per heavy atom. The van der Waals surface area contributed by atoms with Gasteiger partial charge < -0.3 is 5.11 Å². The van der Waals surface area contributed by atoms with Gasteiger partial charge in [0.25, 0.3) is 0 Å². The van der Waals surface area contributed by atoms with Crippen molar-refractivity contribution in [2.45, 2.75) is 32.8 Å². The van der Waals surface area contributed by atoms with Crippen molar-refractivity contribution >= 4 is 11.3 Å². The lowest BCUT2D eigenvalue weighted by Gasteiger charge is -2.17. The fourth-order valence-electron chi connectivity index (χ4n) is 1.52. The van der Waals surface area contributed by atoms with Crippen molar-refractivity contribution in [2.75, 3.05) is 0 Å². The SMILES string of the molecule is Cc1sccc1C(O)C1(C)CC1. The highest BCUT2D eigenvalue weighted by atomic mass is 32.1. The molecule has 12 heavy (non-hydrogen) atoms. The Balaban J connectivity index is 2.25. The van der Waals surface area contributed by atoms with E-state index >= 15 is 0 Å². The number of aliphatic hydroxyl groups is 1. The van der Waals surface area contributed by atoms with Crippen LogP contribution in [0.5, 0.6) is 0 Å². The molecule has 1 heterocycles. The minimum Gasteiger partial charge on any atom is -0.388 e. The van der Waals surface area contributed by atoms with Crippen molar-refractivity contribution in [3.8, 4) is 0 Å². The number of aliphatic hydroxyl groups excluding tert-OH is 1. The Hall–Kier alpha value is -0.340. The van der Waals surface area contributed by atoms with E-state index in [4.69, 9.17) is 0 Å². The summed E-state index contributed by atoms with van der Waals surface area (Å²) in [6, 6.07) is 2.05. The van der Waals surface area contributed by atoms with E-state index in [0.717, 1.165) is 5.56 Å². The van der Waals surface area contributed by atoms with E-state index in [0.29, 0.717) is 0 Å². The van der Waals surface area contributed by atoms with Gasteiger partial charge in [-0.15, -0.1) is 11.3 Å². The van der Waals surface area contributed by atoms with Gasteiger partial charge in [0.15, 0.2) is 0 Å². The van der Waals surface area contributed by atoms with Gasteiger partial charge in [0, 0.05) is 4.88 Å². The van der Waals surface area contributed by atoms with E-state index in [1.54, 1.807) is 11.3 Å². The molecule has 1 N–H and O–H groups in total. The average Bonchev–Trinajstić information content (AvgIpc) is 2.63. The van der Waals surface area contributed by atoms with Gasteiger partial charge in [-0.05, 0) is 42.2 Å². The Morgan fingerprint density at radius 1 is 1.58 bits per heavy atom. The Bertz CT molecular complexity index is 286. The molecule has 1 aliphatic carbocycles. The molecule has 66 valence electrons. The van der Waals surface area contributed by atoms with Crippen molar-refractivity contribution in [2.24, 2.45) is 5.41 Å². The van der Waals surface area contributed by atoms with Crippen molar-refractivity contribution in [1.82, 2.24) is 0 Å². The molecule has 0 aliphatic heterocycles. The minimum atomic E-state index is -0.233. The minimum absolute atomic E-state index is 0.186. The van der Waals surface area contributed by atoms with Gasteiger partial charge >= 0.3 is 0 Å². The molecule has 1 aromatic rings. The van der Waals surface area contributed by atoms with Crippen LogP contribution >= 0.6 is 11.3 Å². The molecular weight excluding hydrogens is 168 g/mol. The maximum absolute atomic E-state index is 10.00. The molecule has 0 spiro atoms. The molecule has 2 heteroatoms. The first kappa shape index (κ1) is 8.27.